The third kappa shape index (κ3) is 4.38. The number of anilines is 3. The largest absolute Gasteiger partial charge is 0.478 e. The van der Waals surface area contributed by atoms with E-state index in [1.54, 1.807) is 22.7 Å². The van der Waals surface area contributed by atoms with Crippen LogP contribution in [0.25, 0.3) is 5.65 Å². The summed E-state index contributed by atoms with van der Waals surface area (Å²) in [7, 11) is 3.66. The van der Waals surface area contributed by atoms with Gasteiger partial charge in [0.05, 0.1) is 43.8 Å². The zero-order valence-electron chi connectivity index (χ0n) is 20.0. The molecule has 5 heterocycles. The number of aromatic nitrogens is 6. The van der Waals surface area contributed by atoms with Crippen LogP contribution in [0, 0.1) is 6.92 Å². The van der Waals surface area contributed by atoms with Crippen molar-refractivity contribution in [1.82, 2.24) is 39.6 Å². The summed E-state index contributed by atoms with van der Waals surface area (Å²) in [5.74, 6) is 0.793. The molecule has 3 aromatic heterocycles. The van der Waals surface area contributed by atoms with Gasteiger partial charge in [-0.2, -0.15) is 4.98 Å². The van der Waals surface area contributed by atoms with Gasteiger partial charge in [0.2, 0.25) is 11.9 Å². The quantitative estimate of drug-likeness (QED) is 0.475. The van der Waals surface area contributed by atoms with Crippen molar-refractivity contribution in [2.24, 2.45) is 0 Å². The van der Waals surface area contributed by atoms with Gasteiger partial charge in [0, 0.05) is 13.1 Å². The van der Waals surface area contributed by atoms with Gasteiger partial charge >= 0.3 is 0 Å². The Kier molecular flexibility index (Phi) is 6.01. The maximum atomic E-state index is 14.7. The Balaban J connectivity index is 1.46. The summed E-state index contributed by atoms with van der Waals surface area (Å²) in [4.78, 5) is 24.8. The molecule has 2 fully saturated rings. The van der Waals surface area contributed by atoms with Gasteiger partial charge in [-0.15, -0.1) is 10.2 Å². The van der Waals surface area contributed by atoms with Crippen molar-refractivity contribution in [2.75, 3.05) is 50.6 Å². The number of hydrogen-bond acceptors (Lipinski definition) is 9. The first-order chi connectivity index (χ1) is 16.9. The summed E-state index contributed by atoms with van der Waals surface area (Å²) >= 11 is 0. The van der Waals surface area contributed by atoms with Crippen molar-refractivity contribution in [1.29, 1.82) is 0 Å². The molecule has 35 heavy (non-hydrogen) atoms. The van der Waals surface area contributed by atoms with E-state index in [-0.39, 0.29) is 19.1 Å². The molecule has 13 heteroatoms. The molecule has 12 nitrogen and oxygen atoms in total. The number of likely N-dealkylation sites (tertiary alicyclic amines) is 1. The molecule has 2 aliphatic rings. The van der Waals surface area contributed by atoms with Crippen molar-refractivity contribution in [3.05, 3.63) is 30.7 Å². The van der Waals surface area contributed by atoms with Crippen LogP contribution in [0.5, 0.6) is 5.88 Å². The third-order valence-electron chi connectivity index (χ3n) is 6.45. The molecule has 3 atom stereocenters. The van der Waals surface area contributed by atoms with Gasteiger partial charge in [-0.1, -0.05) is 6.58 Å². The van der Waals surface area contributed by atoms with E-state index >= 15 is 0 Å². The first-order valence-electron chi connectivity index (χ1n) is 11.5. The Morgan fingerprint density at radius 3 is 2.86 bits per heavy atom. The van der Waals surface area contributed by atoms with E-state index < -0.39 is 18.1 Å². The number of rotatable bonds is 7. The van der Waals surface area contributed by atoms with E-state index in [4.69, 9.17) is 4.74 Å². The normalized spacial score (nSPS) is 22.6. The lowest BCUT2D eigenvalue weighted by Gasteiger charge is -2.17. The van der Waals surface area contributed by atoms with Crippen LogP contribution in [-0.4, -0.2) is 92.7 Å². The number of hydrogen-bond donors (Lipinski definition) is 2. The van der Waals surface area contributed by atoms with Gasteiger partial charge in [0.1, 0.15) is 11.9 Å². The predicted molar refractivity (Wildman–Crippen MR) is 128 cm³/mol. The Hall–Kier alpha value is -3.74. The van der Waals surface area contributed by atoms with Gasteiger partial charge in [0.25, 0.3) is 5.88 Å². The molecule has 3 unspecified atom stereocenters. The molecule has 1 amide bonds. The minimum atomic E-state index is -1.26. The second-order valence-corrected chi connectivity index (χ2v) is 9.00. The van der Waals surface area contributed by atoms with Gasteiger partial charge in [-0.05, 0) is 33.0 Å². The minimum Gasteiger partial charge on any atom is -0.478 e. The molecular weight excluding hydrogens is 455 g/mol. The van der Waals surface area contributed by atoms with Crippen molar-refractivity contribution in [2.45, 2.75) is 31.6 Å². The number of fused-ring (bicyclic) bond motifs is 1. The van der Waals surface area contributed by atoms with Crippen LogP contribution in [0.4, 0.5) is 21.8 Å². The van der Waals surface area contributed by atoms with E-state index in [1.165, 1.54) is 0 Å². The van der Waals surface area contributed by atoms with Crippen LogP contribution < -0.4 is 20.3 Å². The van der Waals surface area contributed by atoms with Crippen LogP contribution in [0.15, 0.2) is 25.0 Å². The molecule has 0 bridgehead atoms. The lowest BCUT2D eigenvalue weighted by Crippen LogP contribution is -2.40. The molecule has 3 aromatic rings. The molecule has 0 radical (unpaired) electrons. The van der Waals surface area contributed by atoms with E-state index in [0.717, 1.165) is 31.3 Å². The highest BCUT2D eigenvalue weighted by molar-refractivity contribution is 5.87. The van der Waals surface area contributed by atoms with Gasteiger partial charge in [-0.3, -0.25) is 9.48 Å². The fourth-order valence-electron chi connectivity index (χ4n) is 4.56. The van der Waals surface area contributed by atoms with Crippen molar-refractivity contribution in [3.63, 3.8) is 0 Å². The first kappa shape index (κ1) is 23.0. The van der Waals surface area contributed by atoms with Crippen molar-refractivity contribution >= 4 is 29.0 Å². The highest BCUT2D eigenvalue weighted by Gasteiger charge is 2.35. The third-order valence-corrected chi connectivity index (χ3v) is 6.45. The van der Waals surface area contributed by atoms with Crippen LogP contribution >= 0.6 is 0 Å². The predicted octanol–water partition coefficient (Wildman–Crippen LogP) is 1.09. The van der Waals surface area contributed by atoms with Crippen LogP contribution in [0.1, 0.15) is 18.2 Å². The highest BCUT2D eigenvalue weighted by atomic mass is 19.1. The molecule has 5 rings (SSSR count). The average Bonchev–Trinajstić information content (AvgIpc) is 3.62. The fourth-order valence-corrected chi connectivity index (χ4v) is 4.56. The summed E-state index contributed by atoms with van der Waals surface area (Å²) in [5.41, 5.74) is 1.97. The molecule has 186 valence electrons. The second kappa shape index (κ2) is 9.13. The molecular formula is C22H29FN10O2. The maximum Gasteiger partial charge on any atom is 0.256 e. The molecule has 2 aliphatic heterocycles. The highest BCUT2D eigenvalue weighted by Crippen LogP contribution is 2.31. The standard InChI is InChI=1S/C22H29FN10O2/c1-5-18(34)25-16-11-31(10-15(16)23)22-27-19(20-24-8-13(2)33(20)29-22)26-17-12-32(28-21(17)35-4)14-6-7-30(3)9-14/h5,8,12,14-16H,1,6-7,9-11H2,2-4H3,(H,25,34)(H,26,27,29). The first-order valence-corrected chi connectivity index (χ1v) is 11.5. The number of amides is 1. The van der Waals surface area contributed by atoms with Crippen LogP contribution in [0.2, 0.25) is 0 Å². The number of halogens is 1. The number of nitrogens with one attached hydrogen (secondary N) is 2. The van der Waals surface area contributed by atoms with Crippen molar-refractivity contribution < 1.29 is 13.9 Å². The summed E-state index contributed by atoms with van der Waals surface area (Å²) in [6.45, 7) is 7.52. The molecule has 0 aromatic carbocycles. The molecule has 0 saturated carbocycles. The summed E-state index contributed by atoms with van der Waals surface area (Å²) in [6, 6.07) is -0.421. The minimum absolute atomic E-state index is 0.0528. The molecule has 2 saturated heterocycles. The van der Waals surface area contributed by atoms with Gasteiger partial charge in [-0.25, -0.2) is 13.9 Å². The van der Waals surface area contributed by atoms with Crippen LogP contribution in [0.3, 0.4) is 0 Å². The number of aryl methyl sites for hydroxylation is 1. The Morgan fingerprint density at radius 2 is 2.14 bits per heavy atom. The Morgan fingerprint density at radius 1 is 1.31 bits per heavy atom. The second-order valence-electron chi connectivity index (χ2n) is 9.00. The molecule has 0 spiro atoms. The van der Waals surface area contributed by atoms with Gasteiger partial charge in [0.15, 0.2) is 11.5 Å². The number of imidazole rings is 1. The number of carbonyl (C=O) groups excluding carboxylic acids is 1. The summed E-state index contributed by atoms with van der Waals surface area (Å²) < 4.78 is 23.8. The van der Waals surface area contributed by atoms with Crippen molar-refractivity contribution in [3.8, 4) is 5.88 Å². The SMILES string of the molecule is C=CC(=O)NC1CN(c2nc(Nc3cn(C4CCN(C)C4)nc3OC)c3ncc(C)n3n2)CC1F. The lowest BCUT2D eigenvalue weighted by atomic mass is 10.2. The van der Waals surface area contributed by atoms with Gasteiger partial charge < -0.3 is 25.2 Å². The number of likely N-dealkylation sites (N-methyl/N-ethyl adjacent to an activating group) is 1. The number of carbonyl (C=O) groups is 1. The van der Waals surface area contributed by atoms with E-state index in [1.807, 2.05) is 17.8 Å². The average molecular weight is 485 g/mol. The molecule has 0 aliphatic carbocycles. The fraction of sp³-hybridized carbons (Fsp3) is 0.500. The smallest absolute Gasteiger partial charge is 0.256 e. The number of ether oxygens (including phenoxy) is 1. The summed E-state index contributed by atoms with van der Waals surface area (Å²) in [6.07, 6.45) is 4.48. The monoisotopic (exact) mass is 484 g/mol. The zero-order chi connectivity index (χ0) is 24.7. The topological polar surface area (TPSA) is 118 Å². The Labute approximate surface area is 201 Å². The van der Waals surface area contributed by atoms with E-state index in [0.29, 0.717) is 29.0 Å². The number of nitrogens with zero attached hydrogens (tertiary/aromatic N) is 8. The lowest BCUT2D eigenvalue weighted by molar-refractivity contribution is -0.117. The Bertz CT molecular complexity index is 1260. The summed E-state index contributed by atoms with van der Waals surface area (Å²) in [5, 5.41) is 15.1. The maximum absolute atomic E-state index is 14.7. The molecule has 2 N–H and O–H groups in total. The zero-order valence-corrected chi connectivity index (χ0v) is 20.0. The van der Waals surface area contributed by atoms with E-state index in [2.05, 4.69) is 49.3 Å². The van der Waals surface area contributed by atoms with Crippen LogP contribution in [-0.2, 0) is 4.79 Å². The number of methoxy groups -OCH3 is 1. The number of alkyl halides is 1. The van der Waals surface area contributed by atoms with E-state index in [9.17, 15) is 9.18 Å².